The first kappa shape index (κ1) is 17.7. The number of piperidine rings is 2. The Balaban J connectivity index is 1.62. The summed E-state index contributed by atoms with van der Waals surface area (Å²) in [6.07, 6.45) is 5.92. The van der Waals surface area contributed by atoms with Gasteiger partial charge in [-0.2, -0.15) is 0 Å². The molecule has 6 nitrogen and oxygen atoms in total. The lowest BCUT2D eigenvalue weighted by atomic mass is 10.0. The molecule has 0 radical (unpaired) electrons. The Morgan fingerprint density at radius 3 is 2.23 bits per heavy atom. The summed E-state index contributed by atoms with van der Waals surface area (Å²) < 4.78 is 11.2. The second-order valence-corrected chi connectivity index (χ2v) is 6.33. The van der Waals surface area contributed by atoms with Crippen molar-refractivity contribution in [3.63, 3.8) is 0 Å². The molecule has 0 aromatic rings. The van der Waals surface area contributed by atoms with E-state index in [0.717, 1.165) is 71.4 Å². The molecule has 0 spiro atoms. The minimum atomic E-state index is 0.0918. The van der Waals surface area contributed by atoms with E-state index >= 15 is 0 Å². The number of carbonyl (C=O) groups is 1. The standard InChI is InChI=1S/C16H31N3O3/c1-21-13-16(20)19-11-5-15(6-12-19)22-14-3-9-18(10-4-14)8-2-7-17/h14-15H,2-13,17H2,1H3. The van der Waals surface area contributed by atoms with Crippen LogP contribution in [0.2, 0.25) is 0 Å². The highest BCUT2D eigenvalue weighted by Gasteiger charge is 2.27. The number of likely N-dealkylation sites (tertiary alicyclic amines) is 2. The predicted octanol–water partition coefficient (Wildman–Crippen LogP) is 0.454. The van der Waals surface area contributed by atoms with Crippen LogP contribution in [0, 0.1) is 0 Å². The molecule has 22 heavy (non-hydrogen) atoms. The summed E-state index contributed by atoms with van der Waals surface area (Å²) in [5.74, 6) is 0.0918. The number of hydrogen-bond donors (Lipinski definition) is 1. The molecule has 2 aliphatic heterocycles. The van der Waals surface area contributed by atoms with Crippen molar-refractivity contribution >= 4 is 5.91 Å². The quantitative estimate of drug-likeness (QED) is 0.739. The molecule has 128 valence electrons. The van der Waals surface area contributed by atoms with Crippen LogP contribution in [0.15, 0.2) is 0 Å². The average Bonchev–Trinajstić information content (AvgIpc) is 2.55. The second-order valence-electron chi connectivity index (χ2n) is 6.33. The number of rotatable bonds is 7. The smallest absolute Gasteiger partial charge is 0.248 e. The van der Waals surface area contributed by atoms with Gasteiger partial charge in [0.05, 0.1) is 12.2 Å². The molecule has 2 saturated heterocycles. The van der Waals surface area contributed by atoms with Crippen molar-refractivity contribution in [2.24, 2.45) is 5.73 Å². The SMILES string of the molecule is COCC(=O)N1CCC(OC2CCN(CCCN)CC2)CC1. The van der Waals surface area contributed by atoms with Crippen LogP contribution in [0.4, 0.5) is 0 Å². The molecule has 0 unspecified atom stereocenters. The van der Waals surface area contributed by atoms with Gasteiger partial charge in [-0.3, -0.25) is 4.79 Å². The lowest BCUT2D eigenvalue weighted by Crippen LogP contribution is -2.44. The van der Waals surface area contributed by atoms with Crippen molar-refractivity contribution in [2.45, 2.75) is 44.3 Å². The Morgan fingerprint density at radius 2 is 1.68 bits per heavy atom. The molecular formula is C16H31N3O3. The third kappa shape index (κ3) is 5.50. The monoisotopic (exact) mass is 313 g/mol. The number of nitrogens with two attached hydrogens (primary N) is 1. The summed E-state index contributed by atoms with van der Waals surface area (Å²) in [5, 5.41) is 0. The molecule has 2 heterocycles. The third-order valence-electron chi connectivity index (χ3n) is 4.66. The topological polar surface area (TPSA) is 68.0 Å². The van der Waals surface area contributed by atoms with Crippen molar-refractivity contribution in [1.82, 2.24) is 9.80 Å². The first-order valence-corrected chi connectivity index (χ1v) is 8.57. The number of amides is 1. The number of nitrogens with zero attached hydrogens (tertiary/aromatic N) is 2. The second kappa shape index (κ2) is 9.45. The molecule has 1 amide bonds. The lowest BCUT2D eigenvalue weighted by Gasteiger charge is -2.37. The van der Waals surface area contributed by atoms with E-state index in [9.17, 15) is 4.79 Å². The van der Waals surface area contributed by atoms with Crippen LogP contribution in [0.1, 0.15) is 32.1 Å². The number of ether oxygens (including phenoxy) is 2. The van der Waals surface area contributed by atoms with Gasteiger partial charge < -0.3 is 25.0 Å². The lowest BCUT2D eigenvalue weighted by molar-refractivity contribution is -0.139. The molecule has 2 fully saturated rings. The Bertz CT molecular complexity index is 325. The first-order valence-electron chi connectivity index (χ1n) is 8.57. The normalized spacial score (nSPS) is 22.2. The van der Waals surface area contributed by atoms with Gasteiger partial charge in [-0.05, 0) is 45.2 Å². The van der Waals surface area contributed by atoms with Gasteiger partial charge >= 0.3 is 0 Å². The molecule has 6 heteroatoms. The van der Waals surface area contributed by atoms with Crippen LogP contribution in [-0.4, -0.2) is 80.9 Å². The molecule has 0 bridgehead atoms. The molecule has 0 aliphatic carbocycles. The van der Waals surface area contributed by atoms with Gasteiger partial charge in [-0.15, -0.1) is 0 Å². The van der Waals surface area contributed by atoms with Gasteiger partial charge in [0.25, 0.3) is 0 Å². The van der Waals surface area contributed by atoms with Crippen molar-refractivity contribution in [3.05, 3.63) is 0 Å². The zero-order chi connectivity index (χ0) is 15.8. The molecule has 0 aromatic heterocycles. The van der Waals surface area contributed by atoms with Crippen LogP contribution in [0.5, 0.6) is 0 Å². The van der Waals surface area contributed by atoms with Gasteiger partial charge in [0.2, 0.25) is 5.91 Å². The van der Waals surface area contributed by atoms with Gasteiger partial charge in [-0.1, -0.05) is 0 Å². The minimum absolute atomic E-state index is 0.0918. The fourth-order valence-electron chi connectivity index (χ4n) is 3.31. The van der Waals surface area contributed by atoms with E-state index in [1.807, 2.05) is 4.90 Å². The Morgan fingerprint density at radius 1 is 1.09 bits per heavy atom. The van der Waals surface area contributed by atoms with Crippen molar-refractivity contribution in [2.75, 3.05) is 53.0 Å². The van der Waals surface area contributed by atoms with Crippen molar-refractivity contribution in [3.8, 4) is 0 Å². The molecular weight excluding hydrogens is 282 g/mol. The first-order chi connectivity index (χ1) is 10.7. The highest BCUT2D eigenvalue weighted by atomic mass is 16.5. The summed E-state index contributed by atoms with van der Waals surface area (Å²) in [6, 6.07) is 0. The number of hydrogen-bond acceptors (Lipinski definition) is 5. The molecule has 2 N–H and O–H groups in total. The summed E-state index contributed by atoms with van der Waals surface area (Å²) >= 11 is 0. The van der Waals surface area contributed by atoms with Crippen LogP contribution in [-0.2, 0) is 14.3 Å². The van der Waals surface area contributed by atoms with Crippen LogP contribution in [0.3, 0.4) is 0 Å². The number of carbonyl (C=O) groups excluding carboxylic acids is 1. The van der Waals surface area contributed by atoms with Gasteiger partial charge in [0.1, 0.15) is 6.61 Å². The van der Waals surface area contributed by atoms with Crippen molar-refractivity contribution < 1.29 is 14.3 Å². The highest BCUT2D eigenvalue weighted by molar-refractivity contribution is 5.77. The van der Waals surface area contributed by atoms with Crippen LogP contribution >= 0.6 is 0 Å². The summed E-state index contributed by atoms with van der Waals surface area (Å²) in [5.41, 5.74) is 5.56. The van der Waals surface area contributed by atoms with E-state index in [-0.39, 0.29) is 12.5 Å². The van der Waals surface area contributed by atoms with Gasteiger partial charge in [-0.25, -0.2) is 0 Å². The maximum absolute atomic E-state index is 11.8. The highest BCUT2D eigenvalue weighted by Crippen LogP contribution is 2.21. The maximum atomic E-state index is 11.8. The van der Waals surface area contributed by atoms with Gasteiger partial charge in [0.15, 0.2) is 0 Å². The number of methoxy groups -OCH3 is 1. The van der Waals surface area contributed by atoms with E-state index < -0.39 is 0 Å². The Labute approximate surface area is 133 Å². The van der Waals surface area contributed by atoms with Gasteiger partial charge in [0, 0.05) is 33.3 Å². The van der Waals surface area contributed by atoms with E-state index in [4.69, 9.17) is 15.2 Å². The fraction of sp³-hybridized carbons (Fsp3) is 0.938. The van der Waals surface area contributed by atoms with E-state index in [1.54, 1.807) is 7.11 Å². The van der Waals surface area contributed by atoms with E-state index in [2.05, 4.69) is 4.90 Å². The predicted molar refractivity (Wildman–Crippen MR) is 85.7 cm³/mol. The van der Waals surface area contributed by atoms with Crippen molar-refractivity contribution in [1.29, 1.82) is 0 Å². The zero-order valence-corrected chi connectivity index (χ0v) is 13.8. The summed E-state index contributed by atoms with van der Waals surface area (Å²) in [7, 11) is 1.56. The van der Waals surface area contributed by atoms with Crippen LogP contribution in [0.25, 0.3) is 0 Å². The van der Waals surface area contributed by atoms with E-state index in [1.165, 1.54) is 0 Å². The summed E-state index contributed by atoms with van der Waals surface area (Å²) in [4.78, 5) is 16.1. The largest absolute Gasteiger partial charge is 0.375 e. The molecule has 2 rings (SSSR count). The Hall–Kier alpha value is -0.690. The zero-order valence-electron chi connectivity index (χ0n) is 13.8. The van der Waals surface area contributed by atoms with Crippen LogP contribution < -0.4 is 5.73 Å². The maximum Gasteiger partial charge on any atom is 0.248 e. The van der Waals surface area contributed by atoms with E-state index in [0.29, 0.717) is 12.2 Å². The molecule has 0 atom stereocenters. The minimum Gasteiger partial charge on any atom is -0.375 e. The summed E-state index contributed by atoms with van der Waals surface area (Å²) in [6.45, 7) is 5.91. The average molecular weight is 313 g/mol. The molecule has 0 aromatic carbocycles. The Kier molecular flexibility index (Phi) is 7.59. The molecule has 2 aliphatic rings. The molecule has 0 saturated carbocycles. The third-order valence-corrected chi connectivity index (χ3v) is 4.66. The fourth-order valence-corrected chi connectivity index (χ4v) is 3.31.